The number of amides is 1. The summed E-state index contributed by atoms with van der Waals surface area (Å²) in [4.78, 5) is 11.2. The van der Waals surface area contributed by atoms with E-state index in [1.807, 2.05) is 34.6 Å². The first-order valence-corrected chi connectivity index (χ1v) is 5.05. The van der Waals surface area contributed by atoms with E-state index in [0.717, 1.165) is 6.54 Å². The largest absolute Gasteiger partial charge is 0.444 e. The zero-order chi connectivity index (χ0) is 11.2. The van der Waals surface area contributed by atoms with Crippen LogP contribution in [-0.2, 0) is 4.74 Å². The molecule has 0 heterocycles. The van der Waals surface area contributed by atoms with Crippen LogP contribution < -0.4 is 10.6 Å². The van der Waals surface area contributed by atoms with Crippen LogP contribution in [0.5, 0.6) is 0 Å². The molecule has 0 aliphatic heterocycles. The van der Waals surface area contributed by atoms with Gasteiger partial charge in [-0.3, -0.25) is 0 Å². The van der Waals surface area contributed by atoms with E-state index in [4.69, 9.17) is 4.74 Å². The molecule has 0 rings (SSSR count). The highest BCUT2D eigenvalue weighted by molar-refractivity contribution is 5.67. The second-order valence-corrected chi connectivity index (χ2v) is 4.34. The third-order valence-corrected chi connectivity index (χ3v) is 1.50. The van der Waals surface area contributed by atoms with Gasteiger partial charge in [0.1, 0.15) is 5.60 Å². The van der Waals surface area contributed by atoms with Crippen molar-refractivity contribution in [1.82, 2.24) is 10.6 Å². The zero-order valence-corrected chi connectivity index (χ0v) is 9.81. The first-order chi connectivity index (χ1) is 6.35. The molecule has 2 N–H and O–H groups in total. The number of nitrogens with one attached hydrogen (secondary N) is 2. The average molecular weight is 202 g/mol. The first-order valence-electron chi connectivity index (χ1n) is 5.05. The molecule has 0 saturated heterocycles. The van der Waals surface area contributed by atoms with Gasteiger partial charge in [0.2, 0.25) is 0 Å². The Morgan fingerprint density at radius 3 is 2.43 bits per heavy atom. The summed E-state index contributed by atoms with van der Waals surface area (Å²) in [6.07, 6.45) is -0.359. The van der Waals surface area contributed by atoms with Gasteiger partial charge in [0.25, 0.3) is 0 Å². The number of ether oxygens (including phenoxy) is 1. The molecule has 0 aromatic carbocycles. The molecule has 1 unspecified atom stereocenters. The van der Waals surface area contributed by atoms with Crippen molar-refractivity contribution in [1.29, 1.82) is 0 Å². The monoisotopic (exact) mass is 202 g/mol. The average Bonchev–Trinajstić information content (AvgIpc) is 1.98. The number of likely N-dealkylation sites (N-methyl/N-ethyl adjacent to an activating group) is 1. The van der Waals surface area contributed by atoms with Crippen molar-refractivity contribution in [3.8, 4) is 0 Å². The predicted octanol–water partition coefficient (Wildman–Crippen LogP) is 1.51. The van der Waals surface area contributed by atoms with Crippen LogP contribution in [0.2, 0.25) is 0 Å². The Labute approximate surface area is 86.4 Å². The Hall–Kier alpha value is -0.770. The Bertz CT molecular complexity index is 175. The summed E-state index contributed by atoms with van der Waals surface area (Å²) in [5, 5.41) is 5.89. The van der Waals surface area contributed by atoms with E-state index >= 15 is 0 Å². The lowest BCUT2D eigenvalue weighted by Crippen LogP contribution is -2.41. The third kappa shape index (κ3) is 7.86. The maximum Gasteiger partial charge on any atom is 0.407 e. The highest BCUT2D eigenvalue weighted by atomic mass is 16.6. The van der Waals surface area contributed by atoms with Crippen LogP contribution >= 0.6 is 0 Å². The number of rotatable bonds is 4. The van der Waals surface area contributed by atoms with Gasteiger partial charge in [-0.05, 0) is 34.2 Å². The Kier molecular flexibility index (Phi) is 5.53. The molecule has 1 amide bonds. The van der Waals surface area contributed by atoms with E-state index in [1.165, 1.54) is 0 Å². The van der Waals surface area contributed by atoms with Gasteiger partial charge in [0, 0.05) is 12.6 Å². The van der Waals surface area contributed by atoms with E-state index in [1.54, 1.807) is 0 Å². The molecule has 4 heteroatoms. The molecule has 0 aliphatic rings. The molecule has 0 aromatic rings. The number of carbonyl (C=O) groups is 1. The van der Waals surface area contributed by atoms with Crippen LogP contribution in [0.1, 0.15) is 34.6 Å². The SMILES string of the molecule is CCNC(C)CNC(=O)OC(C)(C)C. The summed E-state index contributed by atoms with van der Waals surface area (Å²) in [5.74, 6) is 0. The van der Waals surface area contributed by atoms with Crippen molar-refractivity contribution < 1.29 is 9.53 Å². The molecule has 1 atom stereocenters. The van der Waals surface area contributed by atoms with Crippen LogP contribution in [0.4, 0.5) is 4.79 Å². The predicted molar refractivity (Wildman–Crippen MR) is 57.4 cm³/mol. The molecule has 0 fully saturated rings. The molecule has 0 aliphatic carbocycles. The minimum atomic E-state index is -0.425. The molecule has 0 bridgehead atoms. The molecule has 0 aromatic heterocycles. The number of hydrogen-bond acceptors (Lipinski definition) is 3. The van der Waals surface area contributed by atoms with Crippen LogP contribution in [0.25, 0.3) is 0 Å². The summed E-state index contributed by atoms with van der Waals surface area (Å²) in [5.41, 5.74) is -0.425. The summed E-state index contributed by atoms with van der Waals surface area (Å²) >= 11 is 0. The number of carbonyl (C=O) groups excluding carboxylic acids is 1. The van der Waals surface area contributed by atoms with E-state index in [2.05, 4.69) is 10.6 Å². The maximum absolute atomic E-state index is 11.2. The van der Waals surface area contributed by atoms with Gasteiger partial charge < -0.3 is 15.4 Å². The van der Waals surface area contributed by atoms with Gasteiger partial charge in [-0.15, -0.1) is 0 Å². The van der Waals surface area contributed by atoms with Crippen LogP contribution in [-0.4, -0.2) is 30.8 Å². The van der Waals surface area contributed by atoms with Crippen LogP contribution in [0.3, 0.4) is 0 Å². The molecule has 4 nitrogen and oxygen atoms in total. The lowest BCUT2D eigenvalue weighted by atomic mass is 10.2. The Morgan fingerprint density at radius 2 is 2.00 bits per heavy atom. The van der Waals surface area contributed by atoms with Crippen LogP contribution in [0, 0.1) is 0 Å². The molecule has 0 radical (unpaired) electrons. The summed E-state index contributed by atoms with van der Waals surface area (Å²) in [6, 6.07) is 0.271. The van der Waals surface area contributed by atoms with Gasteiger partial charge in [0.05, 0.1) is 0 Å². The van der Waals surface area contributed by atoms with Gasteiger partial charge in [-0.1, -0.05) is 6.92 Å². The summed E-state index contributed by atoms with van der Waals surface area (Å²) in [6.45, 7) is 11.1. The smallest absolute Gasteiger partial charge is 0.407 e. The molecule has 14 heavy (non-hydrogen) atoms. The fourth-order valence-corrected chi connectivity index (χ4v) is 0.971. The normalized spacial score (nSPS) is 13.5. The quantitative estimate of drug-likeness (QED) is 0.726. The van der Waals surface area contributed by atoms with Crippen molar-refractivity contribution in [2.24, 2.45) is 0 Å². The molecular weight excluding hydrogens is 180 g/mol. The third-order valence-electron chi connectivity index (χ3n) is 1.50. The van der Waals surface area contributed by atoms with E-state index in [-0.39, 0.29) is 12.1 Å². The number of alkyl carbamates (subject to hydrolysis) is 1. The zero-order valence-electron chi connectivity index (χ0n) is 9.81. The van der Waals surface area contributed by atoms with Crippen molar-refractivity contribution in [3.05, 3.63) is 0 Å². The molecule has 84 valence electrons. The molecule has 0 saturated carbocycles. The maximum atomic E-state index is 11.2. The topological polar surface area (TPSA) is 50.4 Å². The first kappa shape index (κ1) is 13.2. The van der Waals surface area contributed by atoms with Gasteiger partial charge in [-0.2, -0.15) is 0 Å². The van der Waals surface area contributed by atoms with E-state index < -0.39 is 5.60 Å². The second-order valence-electron chi connectivity index (χ2n) is 4.34. The van der Waals surface area contributed by atoms with Crippen molar-refractivity contribution in [3.63, 3.8) is 0 Å². The van der Waals surface area contributed by atoms with Crippen molar-refractivity contribution in [2.45, 2.75) is 46.3 Å². The van der Waals surface area contributed by atoms with Gasteiger partial charge >= 0.3 is 6.09 Å². The number of hydrogen-bond donors (Lipinski definition) is 2. The van der Waals surface area contributed by atoms with E-state index in [9.17, 15) is 4.79 Å². The summed E-state index contributed by atoms with van der Waals surface area (Å²) in [7, 11) is 0. The second kappa shape index (κ2) is 5.86. The fraction of sp³-hybridized carbons (Fsp3) is 0.900. The standard InChI is InChI=1S/C10H22N2O2/c1-6-11-8(2)7-12-9(13)14-10(3,4)5/h8,11H,6-7H2,1-5H3,(H,12,13). The Balaban J connectivity index is 3.64. The van der Waals surface area contributed by atoms with Crippen LogP contribution in [0.15, 0.2) is 0 Å². The highest BCUT2D eigenvalue weighted by Crippen LogP contribution is 2.06. The fourth-order valence-electron chi connectivity index (χ4n) is 0.971. The minimum absolute atomic E-state index is 0.271. The lowest BCUT2D eigenvalue weighted by Gasteiger charge is -2.20. The Morgan fingerprint density at radius 1 is 1.43 bits per heavy atom. The highest BCUT2D eigenvalue weighted by Gasteiger charge is 2.15. The summed E-state index contributed by atoms with van der Waals surface area (Å²) < 4.78 is 5.09. The molecular formula is C10H22N2O2. The van der Waals surface area contributed by atoms with E-state index in [0.29, 0.717) is 6.54 Å². The minimum Gasteiger partial charge on any atom is -0.444 e. The lowest BCUT2D eigenvalue weighted by molar-refractivity contribution is 0.0523. The van der Waals surface area contributed by atoms with Crippen molar-refractivity contribution >= 4 is 6.09 Å². The van der Waals surface area contributed by atoms with Crippen molar-refractivity contribution in [2.75, 3.05) is 13.1 Å². The van der Waals surface area contributed by atoms with Gasteiger partial charge in [-0.25, -0.2) is 4.79 Å². The van der Waals surface area contributed by atoms with Gasteiger partial charge in [0.15, 0.2) is 0 Å². The molecule has 0 spiro atoms.